The highest BCUT2D eigenvalue weighted by atomic mass is 32.1. The van der Waals surface area contributed by atoms with E-state index in [1.165, 1.54) is 12.1 Å². The van der Waals surface area contributed by atoms with E-state index in [1.807, 2.05) is 42.1 Å². The van der Waals surface area contributed by atoms with Crippen LogP contribution in [0, 0.1) is 5.82 Å². The van der Waals surface area contributed by atoms with Crippen LogP contribution in [0.3, 0.4) is 0 Å². The first-order valence-electron chi connectivity index (χ1n) is 9.48. The van der Waals surface area contributed by atoms with E-state index in [2.05, 4.69) is 38.5 Å². The molecular formula is C23H18FN5S. The van der Waals surface area contributed by atoms with Gasteiger partial charge in [-0.25, -0.2) is 19.3 Å². The maximum absolute atomic E-state index is 14.0. The lowest BCUT2D eigenvalue weighted by atomic mass is 10.1. The Labute approximate surface area is 176 Å². The first-order valence-corrected chi connectivity index (χ1v) is 10.3. The molecule has 2 aromatic carbocycles. The molecular weight excluding hydrogens is 397 g/mol. The third-order valence-electron chi connectivity index (χ3n) is 4.97. The van der Waals surface area contributed by atoms with E-state index in [0.717, 1.165) is 32.0 Å². The minimum absolute atomic E-state index is 0.289. The molecule has 1 N–H and O–H groups in total. The molecule has 0 radical (unpaired) electrons. The standard InChI is InChI=1S/C23H18FN5S/c1-29-11-10-25-22(29)20(16-8-5-9-17(24)12-16)28-21-18-13-19(15-6-3-2-4-7-15)30-23(18)27-14-26-21/h2-14,20H,1H3,(H,26,27,28). The average molecular weight is 415 g/mol. The van der Waals surface area contributed by atoms with Gasteiger partial charge in [0, 0.05) is 24.3 Å². The first-order chi connectivity index (χ1) is 14.7. The fraction of sp³-hybridized carbons (Fsp3) is 0.0870. The number of halogens is 1. The van der Waals surface area contributed by atoms with Crippen LogP contribution >= 0.6 is 11.3 Å². The van der Waals surface area contributed by atoms with Gasteiger partial charge >= 0.3 is 0 Å². The molecule has 0 aliphatic heterocycles. The highest BCUT2D eigenvalue weighted by Crippen LogP contribution is 2.36. The van der Waals surface area contributed by atoms with Crippen LogP contribution in [0.1, 0.15) is 17.4 Å². The van der Waals surface area contributed by atoms with Gasteiger partial charge in [0.1, 0.15) is 34.7 Å². The summed E-state index contributed by atoms with van der Waals surface area (Å²) < 4.78 is 15.9. The van der Waals surface area contributed by atoms with Gasteiger partial charge in [0.2, 0.25) is 0 Å². The van der Waals surface area contributed by atoms with Gasteiger partial charge in [-0.15, -0.1) is 11.3 Å². The Bertz CT molecular complexity index is 1310. The van der Waals surface area contributed by atoms with Crippen LogP contribution < -0.4 is 5.32 Å². The monoisotopic (exact) mass is 415 g/mol. The van der Waals surface area contributed by atoms with Crippen LogP contribution in [-0.2, 0) is 7.05 Å². The lowest BCUT2D eigenvalue weighted by Crippen LogP contribution is -2.17. The smallest absolute Gasteiger partial charge is 0.139 e. The molecule has 0 aliphatic carbocycles. The average Bonchev–Trinajstić information content (AvgIpc) is 3.39. The van der Waals surface area contributed by atoms with E-state index in [-0.39, 0.29) is 11.9 Å². The van der Waals surface area contributed by atoms with Crippen molar-refractivity contribution in [3.8, 4) is 10.4 Å². The fourth-order valence-corrected chi connectivity index (χ4v) is 4.49. The van der Waals surface area contributed by atoms with Gasteiger partial charge < -0.3 is 9.88 Å². The maximum Gasteiger partial charge on any atom is 0.139 e. The van der Waals surface area contributed by atoms with Crippen molar-refractivity contribution in [1.29, 1.82) is 0 Å². The molecule has 0 saturated carbocycles. The van der Waals surface area contributed by atoms with Gasteiger partial charge in [-0.1, -0.05) is 42.5 Å². The van der Waals surface area contributed by atoms with Gasteiger partial charge in [-0.2, -0.15) is 0 Å². The fourth-order valence-electron chi connectivity index (χ4n) is 3.49. The summed E-state index contributed by atoms with van der Waals surface area (Å²) in [5.74, 6) is 1.17. The predicted molar refractivity (Wildman–Crippen MR) is 118 cm³/mol. The second kappa shape index (κ2) is 7.68. The van der Waals surface area contributed by atoms with Crippen LogP contribution in [0.5, 0.6) is 0 Å². The number of thiophene rings is 1. The first kappa shape index (κ1) is 18.4. The molecule has 3 heterocycles. The normalized spacial score (nSPS) is 12.2. The molecule has 5 aromatic rings. The van der Waals surface area contributed by atoms with E-state index in [1.54, 1.807) is 29.9 Å². The third kappa shape index (κ3) is 3.44. The summed E-state index contributed by atoms with van der Waals surface area (Å²) in [7, 11) is 1.92. The second-order valence-corrected chi connectivity index (χ2v) is 7.98. The molecule has 30 heavy (non-hydrogen) atoms. The van der Waals surface area contributed by atoms with Gasteiger partial charge in [-0.3, -0.25) is 0 Å². The third-order valence-corrected chi connectivity index (χ3v) is 6.06. The minimum Gasteiger partial charge on any atom is -0.356 e. The number of hydrogen-bond donors (Lipinski definition) is 1. The Kier molecular flexibility index (Phi) is 4.72. The minimum atomic E-state index is -0.362. The highest BCUT2D eigenvalue weighted by Gasteiger charge is 2.21. The number of nitrogens with zero attached hydrogens (tertiary/aromatic N) is 4. The van der Waals surface area contributed by atoms with E-state index in [4.69, 9.17) is 0 Å². The number of aromatic nitrogens is 4. The molecule has 148 valence electrons. The van der Waals surface area contributed by atoms with E-state index in [9.17, 15) is 4.39 Å². The van der Waals surface area contributed by atoms with Crippen LogP contribution in [0.25, 0.3) is 20.7 Å². The van der Waals surface area contributed by atoms with Gasteiger partial charge in [0.25, 0.3) is 0 Å². The molecule has 0 bridgehead atoms. The number of fused-ring (bicyclic) bond motifs is 1. The highest BCUT2D eigenvalue weighted by molar-refractivity contribution is 7.21. The van der Waals surface area contributed by atoms with Crippen molar-refractivity contribution in [2.24, 2.45) is 7.05 Å². The number of hydrogen-bond acceptors (Lipinski definition) is 5. The van der Waals surface area contributed by atoms with Crippen LogP contribution in [0.15, 0.2) is 79.4 Å². The number of imidazole rings is 1. The van der Waals surface area contributed by atoms with Crippen LogP contribution in [0.4, 0.5) is 10.2 Å². The van der Waals surface area contributed by atoms with Crippen LogP contribution in [0.2, 0.25) is 0 Å². The zero-order valence-electron chi connectivity index (χ0n) is 16.2. The Hall–Kier alpha value is -3.58. The molecule has 5 rings (SSSR count). The molecule has 0 saturated heterocycles. The summed E-state index contributed by atoms with van der Waals surface area (Å²) in [5, 5.41) is 4.41. The Balaban J connectivity index is 1.60. The zero-order chi connectivity index (χ0) is 20.5. The summed E-state index contributed by atoms with van der Waals surface area (Å²) in [4.78, 5) is 15.4. The summed E-state index contributed by atoms with van der Waals surface area (Å²) in [6, 6.07) is 18.5. The largest absolute Gasteiger partial charge is 0.356 e. The van der Waals surface area contributed by atoms with Crippen LogP contribution in [-0.4, -0.2) is 19.5 Å². The van der Waals surface area contributed by atoms with Crippen molar-refractivity contribution >= 4 is 27.4 Å². The maximum atomic E-state index is 14.0. The number of benzene rings is 2. The molecule has 0 fully saturated rings. The quantitative estimate of drug-likeness (QED) is 0.416. The van der Waals surface area contributed by atoms with Crippen molar-refractivity contribution in [3.05, 3.63) is 96.6 Å². The molecule has 3 aromatic heterocycles. The Morgan fingerprint density at radius 2 is 1.87 bits per heavy atom. The molecule has 0 amide bonds. The summed E-state index contributed by atoms with van der Waals surface area (Å²) in [6.45, 7) is 0. The summed E-state index contributed by atoms with van der Waals surface area (Å²) >= 11 is 1.62. The lowest BCUT2D eigenvalue weighted by Gasteiger charge is -2.20. The number of aryl methyl sites for hydroxylation is 1. The predicted octanol–water partition coefficient (Wildman–Crippen LogP) is 5.43. The molecule has 0 spiro atoms. The second-order valence-electron chi connectivity index (χ2n) is 6.95. The molecule has 7 heteroatoms. The van der Waals surface area contributed by atoms with E-state index < -0.39 is 0 Å². The molecule has 0 aliphatic rings. The van der Waals surface area contributed by atoms with Gasteiger partial charge in [0.05, 0.1) is 5.39 Å². The molecule has 1 unspecified atom stereocenters. The van der Waals surface area contributed by atoms with Crippen molar-refractivity contribution in [2.75, 3.05) is 5.32 Å². The SMILES string of the molecule is Cn1ccnc1C(Nc1ncnc2sc(-c3ccccc3)cc12)c1cccc(F)c1. The number of rotatable bonds is 5. The Morgan fingerprint density at radius 1 is 1.00 bits per heavy atom. The van der Waals surface area contributed by atoms with E-state index >= 15 is 0 Å². The molecule has 1 atom stereocenters. The lowest BCUT2D eigenvalue weighted by molar-refractivity contribution is 0.622. The topological polar surface area (TPSA) is 55.6 Å². The van der Waals surface area contributed by atoms with Crippen molar-refractivity contribution in [1.82, 2.24) is 19.5 Å². The van der Waals surface area contributed by atoms with Gasteiger partial charge in [0.15, 0.2) is 0 Å². The number of anilines is 1. The van der Waals surface area contributed by atoms with Crippen molar-refractivity contribution in [2.45, 2.75) is 6.04 Å². The number of nitrogens with one attached hydrogen (secondary N) is 1. The Morgan fingerprint density at radius 3 is 2.63 bits per heavy atom. The van der Waals surface area contributed by atoms with Crippen molar-refractivity contribution < 1.29 is 4.39 Å². The molecule has 5 nitrogen and oxygen atoms in total. The zero-order valence-corrected chi connectivity index (χ0v) is 17.0. The van der Waals surface area contributed by atoms with Crippen molar-refractivity contribution in [3.63, 3.8) is 0 Å². The summed E-state index contributed by atoms with van der Waals surface area (Å²) in [6.07, 6.45) is 5.16. The van der Waals surface area contributed by atoms with Gasteiger partial charge in [-0.05, 0) is 29.3 Å². The van der Waals surface area contributed by atoms with E-state index in [0.29, 0.717) is 5.82 Å². The summed E-state index contributed by atoms with van der Waals surface area (Å²) in [5.41, 5.74) is 1.91.